The molecule has 150 valence electrons. The van der Waals surface area contributed by atoms with Crippen molar-refractivity contribution in [2.75, 3.05) is 24.8 Å². The summed E-state index contributed by atoms with van der Waals surface area (Å²) in [7, 11) is 3.49. The molecule has 1 amide bonds. The Hall–Kier alpha value is -2.60. The number of aldehydes is 1. The number of hydrogen-bond donors (Lipinski definition) is 2. The van der Waals surface area contributed by atoms with E-state index in [-0.39, 0.29) is 5.91 Å². The lowest BCUT2D eigenvalue weighted by Gasteiger charge is -2.07. The zero-order chi connectivity index (χ0) is 20.7. The van der Waals surface area contributed by atoms with Gasteiger partial charge in [-0.3, -0.25) is 4.79 Å². The second-order valence-electron chi connectivity index (χ2n) is 5.64. The number of aromatic nitrogens is 1. The Morgan fingerprint density at radius 2 is 2.00 bits per heavy atom. The van der Waals surface area contributed by atoms with Crippen molar-refractivity contribution in [2.24, 2.45) is 7.05 Å². The van der Waals surface area contributed by atoms with Gasteiger partial charge < -0.3 is 25.1 Å². The number of rotatable bonds is 7. The van der Waals surface area contributed by atoms with Crippen LogP contribution in [0.3, 0.4) is 0 Å². The number of unbranched alkanes of at least 4 members (excludes halogenated alkanes) is 1. The van der Waals surface area contributed by atoms with Crippen LogP contribution in [0.4, 0.5) is 11.4 Å². The molecule has 2 rings (SSSR count). The van der Waals surface area contributed by atoms with Crippen molar-refractivity contribution < 1.29 is 14.3 Å². The van der Waals surface area contributed by atoms with Crippen molar-refractivity contribution in [2.45, 2.75) is 40.0 Å². The van der Waals surface area contributed by atoms with Gasteiger partial charge in [0.2, 0.25) is 0 Å². The number of nitrogen functional groups attached to an aromatic ring is 1. The Morgan fingerprint density at radius 3 is 2.48 bits per heavy atom. The molecule has 6 heteroatoms. The summed E-state index contributed by atoms with van der Waals surface area (Å²) in [6.45, 7) is 7.06. The fraction of sp³-hybridized carbons (Fsp3) is 0.429. The standard InChI is InChI=1S/C14H15N3O2.C5H12O.C2H6/c1-17-9-11(15)8-13(17)14(19)16-12-4-2-3-10(7-12)5-6-18;1-3-4-5-6-2;1-2/h2-4,6-9H,5,15H2,1H3,(H,16,19);3-5H2,1-2H3;1-2H3. The highest BCUT2D eigenvalue weighted by Gasteiger charge is 2.11. The minimum absolute atomic E-state index is 0.234. The molecule has 0 aliphatic rings. The van der Waals surface area contributed by atoms with Gasteiger partial charge >= 0.3 is 0 Å². The predicted molar refractivity (Wildman–Crippen MR) is 112 cm³/mol. The van der Waals surface area contributed by atoms with Crippen molar-refractivity contribution in [3.63, 3.8) is 0 Å². The molecule has 0 atom stereocenters. The lowest BCUT2D eigenvalue weighted by Crippen LogP contribution is -2.15. The van der Waals surface area contributed by atoms with Crippen molar-refractivity contribution in [3.8, 4) is 0 Å². The first-order valence-corrected chi connectivity index (χ1v) is 9.26. The maximum Gasteiger partial charge on any atom is 0.272 e. The number of nitrogens with zero attached hydrogens (tertiary/aromatic N) is 1. The quantitative estimate of drug-likeness (QED) is 0.564. The van der Waals surface area contributed by atoms with Crippen molar-refractivity contribution in [3.05, 3.63) is 47.8 Å². The first-order valence-electron chi connectivity index (χ1n) is 9.26. The maximum atomic E-state index is 12.1. The third-order valence-corrected chi connectivity index (χ3v) is 3.46. The molecule has 1 aromatic heterocycles. The minimum atomic E-state index is -0.234. The molecule has 1 aromatic carbocycles. The summed E-state index contributed by atoms with van der Waals surface area (Å²) in [5.41, 5.74) is 8.18. The van der Waals surface area contributed by atoms with Gasteiger partial charge in [0.05, 0.1) is 5.69 Å². The van der Waals surface area contributed by atoms with Crippen LogP contribution in [-0.4, -0.2) is 30.5 Å². The number of hydrogen-bond acceptors (Lipinski definition) is 4. The van der Waals surface area contributed by atoms with Gasteiger partial charge in [-0.15, -0.1) is 0 Å². The number of carbonyl (C=O) groups excluding carboxylic acids is 2. The van der Waals surface area contributed by atoms with Crippen molar-refractivity contribution >= 4 is 23.6 Å². The molecule has 0 fully saturated rings. The van der Waals surface area contributed by atoms with Gasteiger partial charge in [0.25, 0.3) is 5.91 Å². The minimum Gasteiger partial charge on any atom is -0.397 e. The number of ether oxygens (including phenoxy) is 1. The van der Waals surface area contributed by atoms with Crippen LogP contribution < -0.4 is 11.1 Å². The van der Waals surface area contributed by atoms with E-state index in [0.29, 0.717) is 23.5 Å². The SMILES string of the molecule is CC.CCCCOC.Cn1cc(N)cc1C(=O)Nc1cccc(CC=O)c1. The van der Waals surface area contributed by atoms with E-state index in [4.69, 9.17) is 10.5 Å². The van der Waals surface area contributed by atoms with Crippen molar-refractivity contribution in [1.29, 1.82) is 0 Å². The van der Waals surface area contributed by atoms with E-state index in [1.807, 2.05) is 19.9 Å². The molecule has 0 radical (unpaired) electrons. The van der Waals surface area contributed by atoms with E-state index >= 15 is 0 Å². The fourth-order valence-corrected chi connectivity index (χ4v) is 2.17. The third kappa shape index (κ3) is 9.61. The number of carbonyl (C=O) groups is 2. The zero-order valence-electron chi connectivity index (χ0n) is 17.1. The van der Waals surface area contributed by atoms with E-state index in [1.165, 1.54) is 12.8 Å². The zero-order valence-corrected chi connectivity index (χ0v) is 17.1. The number of methoxy groups -OCH3 is 1. The maximum absolute atomic E-state index is 12.1. The lowest BCUT2D eigenvalue weighted by molar-refractivity contribution is -0.107. The highest BCUT2D eigenvalue weighted by Crippen LogP contribution is 2.14. The summed E-state index contributed by atoms with van der Waals surface area (Å²) in [6, 6.07) is 8.81. The monoisotopic (exact) mass is 375 g/mol. The number of anilines is 2. The number of nitrogens with two attached hydrogens (primary N) is 1. The normalized spacial score (nSPS) is 9.37. The number of benzene rings is 1. The molecule has 1 heterocycles. The van der Waals surface area contributed by atoms with Gasteiger partial charge in [-0.05, 0) is 30.2 Å². The molecule has 6 nitrogen and oxygen atoms in total. The largest absolute Gasteiger partial charge is 0.397 e. The van der Waals surface area contributed by atoms with Gasteiger partial charge in [-0.25, -0.2) is 0 Å². The first-order chi connectivity index (χ1) is 13.0. The number of nitrogens with one attached hydrogen (secondary N) is 1. The molecular weight excluding hydrogens is 342 g/mol. The summed E-state index contributed by atoms with van der Waals surface area (Å²) < 4.78 is 6.45. The molecule has 0 spiro atoms. The Balaban J connectivity index is 0.000000722. The van der Waals surface area contributed by atoms with Crippen LogP contribution in [0.25, 0.3) is 0 Å². The van der Waals surface area contributed by atoms with Crippen LogP contribution in [0, 0.1) is 0 Å². The van der Waals surface area contributed by atoms with Gasteiger partial charge in [-0.1, -0.05) is 39.3 Å². The summed E-state index contributed by atoms with van der Waals surface area (Å²) >= 11 is 0. The second-order valence-corrected chi connectivity index (χ2v) is 5.64. The molecule has 3 N–H and O–H groups in total. The second kappa shape index (κ2) is 14.6. The Bertz CT molecular complexity index is 677. The van der Waals surface area contributed by atoms with Crippen LogP contribution in [0.2, 0.25) is 0 Å². The fourth-order valence-electron chi connectivity index (χ4n) is 2.17. The van der Waals surface area contributed by atoms with Crippen LogP contribution in [0.1, 0.15) is 49.7 Å². The van der Waals surface area contributed by atoms with E-state index in [1.54, 1.807) is 49.2 Å². The Labute approximate surface area is 162 Å². The highest BCUT2D eigenvalue weighted by atomic mass is 16.5. The van der Waals surface area contributed by atoms with Crippen LogP contribution in [-0.2, 0) is 23.0 Å². The molecular formula is C21H33N3O3. The molecule has 0 saturated carbocycles. The molecule has 0 aliphatic heterocycles. The van der Waals surface area contributed by atoms with Gasteiger partial charge in [0, 0.05) is 39.1 Å². The van der Waals surface area contributed by atoms with Crippen LogP contribution >= 0.6 is 0 Å². The van der Waals surface area contributed by atoms with Crippen LogP contribution in [0.15, 0.2) is 36.5 Å². The van der Waals surface area contributed by atoms with Gasteiger partial charge in [-0.2, -0.15) is 0 Å². The first kappa shape index (κ1) is 24.4. The van der Waals surface area contributed by atoms with Gasteiger partial charge in [0.1, 0.15) is 12.0 Å². The molecule has 27 heavy (non-hydrogen) atoms. The predicted octanol–water partition coefficient (Wildman–Crippen LogP) is 4.06. The topological polar surface area (TPSA) is 86.3 Å². The molecule has 2 aromatic rings. The number of amides is 1. The summed E-state index contributed by atoms with van der Waals surface area (Å²) in [5, 5.41) is 2.78. The lowest BCUT2D eigenvalue weighted by atomic mass is 10.1. The smallest absolute Gasteiger partial charge is 0.272 e. The van der Waals surface area contributed by atoms with E-state index in [0.717, 1.165) is 18.5 Å². The summed E-state index contributed by atoms with van der Waals surface area (Å²) in [6.07, 6.45) is 5.27. The Morgan fingerprint density at radius 1 is 1.30 bits per heavy atom. The van der Waals surface area contributed by atoms with E-state index in [2.05, 4.69) is 12.2 Å². The third-order valence-electron chi connectivity index (χ3n) is 3.46. The molecule has 0 bridgehead atoms. The van der Waals surface area contributed by atoms with E-state index < -0.39 is 0 Å². The summed E-state index contributed by atoms with van der Waals surface area (Å²) in [5.74, 6) is -0.234. The molecule has 0 saturated heterocycles. The average molecular weight is 376 g/mol. The van der Waals surface area contributed by atoms with E-state index in [9.17, 15) is 9.59 Å². The average Bonchev–Trinajstić information content (AvgIpc) is 3.01. The molecule has 0 aliphatic carbocycles. The van der Waals surface area contributed by atoms with Crippen molar-refractivity contribution in [1.82, 2.24) is 4.57 Å². The van der Waals surface area contributed by atoms with Gasteiger partial charge in [0.15, 0.2) is 0 Å². The molecule has 0 unspecified atom stereocenters. The van der Waals surface area contributed by atoms with Crippen LogP contribution in [0.5, 0.6) is 0 Å². The Kier molecular flexibility index (Phi) is 13.2. The number of aryl methyl sites for hydroxylation is 1. The summed E-state index contributed by atoms with van der Waals surface area (Å²) in [4.78, 5) is 22.5. The highest BCUT2D eigenvalue weighted by molar-refractivity contribution is 6.03.